The maximum Gasteiger partial charge on any atom is 0.274 e. The van der Waals surface area contributed by atoms with Crippen molar-refractivity contribution in [3.8, 4) is 0 Å². The number of hydrazine groups is 1. The molecule has 0 aliphatic carbocycles. The minimum atomic E-state index is -0.315. The zero-order valence-electron chi connectivity index (χ0n) is 11.6. The van der Waals surface area contributed by atoms with Gasteiger partial charge in [0.15, 0.2) is 0 Å². The lowest BCUT2D eigenvalue weighted by molar-refractivity contribution is -0.0441. The molecule has 1 saturated heterocycles. The van der Waals surface area contributed by atoms with Crippen molar-refractivity contribution in [3.63, 3.8) is 0 Å². The Hall–Kier alpha value is -1.37. The van der Waals surface area contributed by atoms with Crippen LogP contribution in [0.2, 0.25) is 5.02 Å². The number of aromatic nitrogens is 1. The topological polar surface area (TPSA) is 80.5 Å². The van der Waals surface area contributed by atoms with Crippen LogP contribution in [0.5, 0.6) is 0 Å². The SMILES string of the molecule is COC1(C)CCCN(C(=O)c2nc(NN)ccc2Cl)C1. The number of hydrogen-bond donors (Lipinski definition) is 2. The summed E-state index contributed by atoms with van der Waals surface area (Å²) in [7, 11) is 1.66. The number of carbonyl (C=O) groups is 1. The third-order valence-corrected chi connectivity index (χ3v) is 3.94. The van der Waals surface area contributed by atoms with Gasteiger partial charge >= 0.3 is 0 Å². The first-order valence-electron chi connectivity index (χ1n) is 6.47. The Morgan fingerprint density at radius 3 is 3.00 bits per heavy atom. The van der Waals surface area contributed by atoms with Crippen LogP contribution in [0.4, 0.5) is 5.82 Å². The van der Waals surface area contributed by atoms with Gasteiger partial charge in [-0.25, -0.2) is 10.8 Å². The monoisotopic (exact) mass is 298 g/mol. The molecule has 110 valence electrons. The molecule has 2 heterocycles. The predicted molar refractivity (Wildman–Crippen MR) is 77.6 cm³/mol. The first-order valence-corrected chi connectivity index (χ1v) is 6.84. The van der Waals surface area contributed by atoms with Gasteiger partial charge in [0.25, 0.3) is 5.91 Å². The van der Waals surface area contributed by atoms with Gasteiger partial charge in [-0.1, -0.05) is 11.6 Å². The van der Waals surface area contributed by atoms with Crippen LogP contribution in [0, 0.1) is 0 Å². The van der Waals surface area contributed by atoms with E-state index in [0.717, 1.165) is 12.8 Å². The number of nitrogens with two attached hydrogens (primary N) is 1. The average molecular weight is 299 g/mol. The van der Waals surface area contributed by atoms with Crippen LogP contribution in [-0.2, 0) is 4.74 Å². The minimum Gasteiger partial charge on any atom is -0.377 e. The molecule has 0 spiro atoms. The fourth-order valence-corrected chi connectivity index (χ4v) is 2.55. The number of methoxy groups -OCH3 is 1. The quantitative estimate of drug-likeness (QED) is 0.655. The van der Waals surface area contributed by atoms with Gasteiger partial charge in [-0.05, 0) is 31.9 Å². The Bertz CT molecular complexity index is 511. The highest BCUT2D eigenvalue weighted by atomic mass is 35.5. The summed E-state index contributed by atoms with van der Waals surface area (Å²) in [6, 6.07) is 3.23. The van der Waals surface area contributed by atoms with Gasteiger partial charge in [0.2, 0.25) is 0 Å². The lowest BCUT2D eigenvalue weighted by Gasteiger charge is -2.39. The summed E-state index contributed by atoms with van der Waals surface area (Å²) in [6.45, 7) is 3.20. The normalized spacial score (nSPS) is 22.7. The van der Waals surface area contributed by atoms with Crippen molar-refractivity contribution in [2.45, 2.75) is 25.4 Å². The maximum atomic E-state index is 12.5. The van der Waals surface area contributed by atoms with E-state index in [0.29, 0.717) is 23.9 Å². The number of hydrogen-bond acceptors (Lipinski definition) is 5. The molecule has 1 amide bonds. The van der Waals surface area contributed by atoms with Crippen molar-refractivity contribution in [3.05, 3.63) is 22.8 Å². The van der Waals surface area contributed by atoms with Crippen molar-refractivity contribution >= 4 is 23.3 Å². The molecule has 3 N–H and O–H groups in total. The van der Waals surface area contributed by atoms with Crippen molar-refractivity contribution in [1.82, 2.24) is 9.88 Å². The number of halogens is 1. The third-order valence-electron chi connectivity index (χ3n) is 3.64. The molecule has 2 rings (SSSR count). The predicted octanol–water partition coefficient (Wildman–Crippen LogP) is 1.66. The second kappa shape index (κ2) is 5.95. The number of anilines is 1. The van der Waals surface area contributed by atoms with E-state index in [9.17, 15) is 4.79 Å². The Morgan fingerprint density at radius 1 is 1.60 bits per heavy atom. The summed E-state index contributed by atoms with van der Waals surface area (Å²) in [4.78, 5) is 18.4. The molecule has 1 aromatic rings. The molecule has 1 atom stereocenters. The number of pyridine rings is 1. The Labute approximate surface area is 123 Å². The van der Waals surface area contributed by atoms with Crippen molar-refractivity contribution < 1.29 is 9.53 Å². The molecular formula is C13H19ClN4O2. The fourth-order valence-electron chi connectivity index (χ4n) is 2.37. The van der Waals surface area contributed by atoms with Gasteiger partial charge in [0.05, 0.1) is 10.6 Å². The number of carbonyl (C=O) groups excluding carboxylic acids is 1. The molecule has 1 aliphatic heterocycles. The highest BCUT2D eigenvalue weighted by molar-refractivity contribution is 6.33. The standard InChI is InChI=1S/C13H19ClN4O2/c1-13(20-2)6-3-7-18(8-13)12(19)11-9(14)4-5-10(16-11)17-15/h4-5H,3,6-8,15H2,1-2H3,(H,16,17). The second-order valence-corrected chi connectivity index (χ2v) is 5.56. The number of nitrogens with zero attached hydrogens (tertiary/aromatic N) is 2. The molecule has 0 aromatic carbocycles. The van der Waals surface area contributed by atoms with Crippen molar-refractivity contribution in [2.75, 3.05) is 25.6 Å². The number of nitrogen functional groups attached to an aromatic ring is 1. The first kappa shape index (κ1) is 15.0. The highest BCUT2D eigenvalue weighted by Crippen LogP contribution is 2.26. The highest BCUT2D eigenvalue weighted by Gasteiger charge is 2.34. The smallest absolute Gasteiger partial charge is 0.274 e. The molecule has 0 bridgehead atoms. The second-order valence-electron chi connectivity index (χ2n) is 5.16. The van der Waals surface area contributed by atoms with Crippen LogP contribution in [-0.4, -0.2) is 41.6 Å². The summed E-state index contributed by atoms with van der Waals surface area (Å²) in [6.07, 6.45) is 1.82. The zero-order valence-corrected chi connectivity index (χ0v) is 12.4. The molecule has 0 saturated carbocycles. The van der Waals surface area contributed by atoms with Crippen LogP contribution in [0.1, 0.15) is 30.3 Å². The number of nitrogens with one attached hydrogen (secondary N) is 1. The van der Waals surface area contributed by atoms with Gasteiger partial charge in [0, 0.05) is 20.2 Å². The van der Waals surface area contributed by atoms with E-state index >= 15 is 0 Å². The third kappa shape index (κ3) is 3.03. The molecule has 1 aliphatic rings. The van der Waals surface area contributed by atoms with Crippen LogP contribution in [0.3, 0.4) is 0 Å². The van der Waals surface area contributed by atoms with Gasteiger partial charge in [-0.2, -0.15) is 0 Å². The summed E-state index contributed by atoms with van der Waals surface area (Å²) >= 11 is 6.06. The van der Waals surface area contributed by atoms with Crippen molar-refractivity contribution in [1.29, 1.82) is 0 Å². The number of rotatable bonds is 3. The zero-order chi connectivity index (χ0) is 14.8. The summed E-state index contributed by atoms with van der Waals surface area (Å²) < 4.78 is 5.49. The van der Waals surface area contributed by atoms with Crippen LogP contribution >= 0.6 is 11.6 Å². The van der Waals surface area contributed by atoms with E-state index in [1.807, 2.05) is 6.92 Å². The van der Waals surface area contributed by atoms with E-state index in [1.54, 1.807) is 24.1 Å². The number of amides is 1. The van der Waals surface area contributed by atoms with E-state index in [-0.39, 0.29) is 17.2 Å². The van der Waals surface area contributed by atoms with Gasteiger partial charge in [-0.3, -0.25) is 4.79 Å². The fraction of sp³-hybridized carbons (Fsp3) is 0.538. The van der Waals surface area contributed by atoms with E-state index < -0.39 is 0 Å². The number of ether oxygens (including phenoxy) is 1. The molecule has 6 nitrogen and oxygen atoms in total. The Kier molecular flexibility index (Phi) is 4.47. The van der Waals surface area contributed by atoms with E-state index in [4.69, 9.17) is 22.2 Å². The Morgan fingerprint density at radius 2 is 2.35 bits per heavy atom. The molecule has 7 heteroatoms. The maximum absolute atomic E-state index is 12.5. The molecule has 0 radical (unpaired) electrons. The molecule has 20 heavy (non-hydrogen) atoms. The van der Waals surface area contributed by atoms with E-state index in [2.05, 4.69) is 10.4 Å². The van der Waals surface area contributed by atoms with Crippen LogP contribution < -0.4 is 11.3 Å². The van der Waals surface area contributed by atoms with Gasteiger partial charge in [-0.15, -0.1) is 0 Å². The molecular weight excluding hydrogens is 280 g/mol. The lowest BCUT2D eigenvalue weighted by atomic mass is 9.94. The number of likely N-dealkylation sites (tertiary alicyclic amines) is 1. The van der Waals surface area contributed by atoms with Gasteiger partial charge in [0.1, 0.15) is 11.5 Å². The summed E-state index contributed by atoms with van der Waals surface area (Å²) in [5, 5.41) is 0.318. The first-order chi connectivity index (χ1) is 9.49. The number of piperidine rings is 1. The van der Waals surface area contributed by atoms with Crippen LogP contribution in [0.15, 0.2) is 12.1 Å². The van der Waals surface area contributed by atoms with Crippen LogP contribution in [0.25, 0.3) is 0 Å². The summed E-state index contributed by atoms with van der Waals surface area (Å²) in [5.74, 6) is 5.52. The lowest BCUT2D eigenvalue weighted by Crippen LogP contribution is -2.49. The average Bonchev–Trinajstić information content (AvgIpc) is 2.47. The molecule has 1 unspecified atom stereocenters. The van der Waals surface area contributed by atoms with Gasteiger partial charge < -0.3 is 15.1 Å². The Balaban J connectivity index is 2.23. The summed E-state index contributed by atoms with van der Waals surface area (Å²) in [5.41, 5.74) is 2.31. The largest absolute Gasteiger partial charge is 0.377 e. The van der Waals surface area contributed by atoms with Crippen molar-refractivity contribution in [2.24, 2.45) is 5.84 Å². The molecule has 1 aromatic heterocycles. The van der Waals surface area contributed by atoms with E-state index in [1.165, 1.54) is 0 Å². The molecule has 1 fully saturated rings. The minimum absolute atomic E-state index is 0.199.